The molecule has 1 aromatic carbocycles. The molecular weight excluding hydrogens is 325 g/mol. The van der Waals surface area contributed by atoms with Crippen LogP contribution in [0.4, 0.5) is 0 Å². The number of amides is 1. The molecule has 118 valence electrons. The van der Waals surface area contributed by atoms with Crippen molar-refractivity contribution in [2.75, 3.05) is 0 Å². The van der Waals surface area contributed by atoms with Crippen LogP contribution in [0.25, 0.3) is 0 Å². The van der Waals surface area contributed by atoms with E-state index in [0.29, 0.717) is 15.6 Å². The van der Waals surface area contributed by atoms with Crippen LogP contribution in [-0.4, -0.2) is 20.8 Å². The molecule has 5 nitrogen and oxygen atoms in total. The summed E-state index contributed by atoms with van der Waals surface area (Å²) in [5.74, 6) is -0.264. The summed E-state index contributed by atoms with van der Waals surface area (Å²) in [5, 5.41) is 17.9. The van der Waals surface area contributed by atoms with Gasteiger partial charge in [0, 0.05) is 28.9 Å². The summed E-state index contributed by atoms with van der Waals surface area (Å²) in [6.45, 7) is 1.86. The second-order valence-corrected chi connectivity index (χ2v) is 6.03. The van der Waals surface area contributed by atoms with Crippen molar-refractivity contribution >= 4 is 29.1 Å². The Morgan fingerprint density at radius 2 is 1.95 bits per heavy atom. The maximum atomic E-state index is 12.0. The average Bonchev–Trinajstić information content (AvgIpc) is 2.84. The minimum Gasteiger partial charge on any atom is -0.388 e. The lowest BCUT2D eigenvalue weighted by atomic mass is 10.1. The Hall–Kier alpha value is -1.56. The zero-order valence-electron chi connectivity index (χ0n) is 12.3. The summed E-state index contributed by atoms with van der Waals surface area (Å²) in [7, 11) is 1.81. The molecule has 2 unspecified atom stereocenters. The molecule has 2 atom stereocenters. The van der Waals surface area contributed by atoms with E-state index >= 15 is 0 Å². The van der Waals surface area contributed by atoms with Crippen molar-refractivity contribution in [1.29, 1.82) is 0 Å². The van der Waals surface area contributed by atoms with Crippen molar-refractivity contribution in [3.63, 3.8) is 0 Å². The van der Waals surface area contributed by atoms with Gasteiger partial charge in [-0.05, 0) is 30.7 Å². The molecule has 2 rings (SSSR count). The Balaban J connectivity index is 1.96. The van der Waals surface area contributed by atoms with E-state index in [-0.39, 0.29) is 18.4 Å². The summed E-state index contributed by atoms with van der Waals surface area (Å²) >= 11 is 11.8. The molecule has 0 aliphatic heterocycles. The van der Waals surface area contributed by atoms with Gasteiger partial charge in [0.2, 0.25) is 5.91 Å². The molecule has 0 bridgehead atoms. The number of hydrogen-bond acceptors (Lipinski definition) is 3. The third kappa shape index (κ3) is 4.47. The highest BCUT2D eigenvalue weighted by molar-refractivity contribution is 6.34. The van der Waals surface area contributed by atoms with Crippen molar-refractivity contribution in [1.82, 2.24) is 15.1 Å². The number of aliphatic hydroxyl groups is 1. The summed E-state index contributed by atoms with van der Waals surface area (Å²) in [6, 6.07) is 4.58. The van der Waals surface area contributed by atoms with Gasteiger partial charge in [-0.25, -0.2) is 0 Å². The van der Waals surface area contributed by atoms with Gasteiger partial charge in [0.1, 0.15) is 0 Å². The highest BCUT2D eigenvalue weighted by Crippen LogP contribution is 2.25. The third-order valence-electron chi connectivity index (χ3n) is 3.25. The SMILES string of the molecule is CC(NC(=O)CC(O)c1cc(Cl)cc(Cl)c1)c1cnn(C)c1. The van der Waals surface area contributed by atoms with Crippen molar-refractivity contribution < 1.29 is 9.90 Å². The number of carbonyl (C=O) groups excluding carboxylic acids is 1. The van der Waals surface area contributed by atoms with Gasteiger partial charge in [0.15, 0.2) is 0 Å². The van der Waals surface area contributed by atoms with E-state index in [1.54, 1.807) is 29.1 Å². The van der Waals surface area contributed by atoms with Crippen LogP contribution in [0.15, 0.2) is 30.6 Å². The Morgan fingerprint density at radius 3 is 2.50 bits per heavy atom. The summed E-state index contributed by atoms with van der Waals surface area (Å²) in [6.07, 6.45) is 2.50. The molecule has 1 aromatic heterocycles. The Morgan fingerprint density at radius 1 is 1.32 bits per heavy atom. The quantitative estimate of drug-likeness (QED) is 0.878. The van der Waals surface area contributed by atoms with Gasteiger partial charge < -0.3 is 10.4 Å². The lowest BCUT2D eigenvalue weighted by molar-refractivity contribution is -0.123. The zero-order valence-corrected chi connectivity index (χ0v) is 13.8. The van der Waals surface area contributed by atoms with E-state index < -0.39 is 6.10 Å². The molecule has 0 fully saturated rings. The Labute approximate surface area is 138 Å². The number of carbonyl (C=O) groups is 1. The molecular formula is C15H17Cl2N3O2. The van der Waals surface area contributed by atoms with Gasteiger partial charge in [-0.2, -0.15) is 5.10 Å². The minimum absolute atomic E-state index is 0.0682. The fraction of sp³-hybridized carbons (Fsp3) is 0.333. The number of hydrogen-bond donors (Lipinski definition) is 2. The maximum absolute atomic E-state index is 12.0. The number of nitrogens with one attached hydrogen (secondary N) is 1. The van der Waals surface area contributed by atoms with Crippen LogP contribution in [0.2, 0.25) is 10.0 Å². The average molecular weight is 342 g/mol. The van der Waals surface area contributed by atoms with Gasteiger partial charge >= 0.3 is 0 Å². The van der Waals surface area contributed by atoms with Gasteiger partial charge in [-0.15, -0.1) is 0 Å². The van der Waals surface area contributed by atoms with Crippen LogP contribution in [0.3, 0.4) is 0 Å². The van der Waals surface area contributed by atoms with Gasteiger partial charge in [0.05, 0.1) is 24.8 Å². The lowest BCUT2D eigenvalue weighted by Crippen LogP contribution is -2.27. The van der Waals surface area contributed by atoms with E-state index in [9.17, 15) is 9.90 Å². The number of aromatic nitrogens is 2. The first-order valence-electron chi connectivity index (χ1n) is 6.77. The number of aliphatic hydroxyl groups excluding tert-OH is 1. The molecule has 2 aromatic rings. The van der Waals surface area contributed by atoms with Crippen LogP contribution in [0.5, 0.6) is 0 Å². The van der Waals surface area contributed by atoms with Crippen molar-refractivity contribution in [3.05, 3.63) is 51.8 Å². The Bertz CT molecular complexity index is 652. The molecule has 1 amide bonds. The van der Waals surface area contributed by atoms with E-state index in [1.807, 2.05) is 20.2 Å². The second kappa shape index (κ2) is 7.13. The van der Waals surface area contributed by atoms with Gasteiger partial charge in [-0.3, -0.25) is 9.48 Å². The number of rotatable bonds is 5. The third-order valence-corrected chi connectivity index (χ3v) is 3.69. The standard InChI is InChI=1S/C15H17Cl2N3O2/c1-9(11-7-18-20(2)8-11)19-15(22)6-14(21)10-3-12(16)5-13(17)4-10/h3-5,7-9,14,21H,6H2,1-2H3,(H,19,22). The highest BCUT2D eigenvalue weighted by Gasteiger charge is 2.17. The first kappa shape index (κ1) is 16.8. The second-order valence-electron chi connectivity index (χ2n) is 5.16. The van der Waals surface area contributed by atoms with E-state index in [1.165, 1.54) is 0 Å². The molecule has 0 aliphatic carbocycles. The van der Waals surface area contributed by atoms with Crippen molar-refractivity contribution in [2.24, 2.45) is 7.05 Å². The number of aryl methyl sites for hydroxylation is 1. The first-order chi connectivity index (χ1) is 10.3. The molecule has 2 N–H and O–H groups in total. The van der Waals surface area contributed by atoms with E-state index in [2.05, 4.69) is 10.4 Å². The predicted octanol–water partition coefficient (Wildman–Crippen LogP) is 3.03. The molecule has 0 radical (unpaired) electrons. The van der Waals surface area contributed by atoms with Crippen LogP contribution in [0, 0.1) is 0 Å². The largest absolute Gasteiger partial charge is 0.388 e. The lowest BCUT2D eigenvalue weighted by Gasteiger charge is -2.15. The molecule has 0 spiro atoms. The number of benzene rings is 1. The molecule has 0 aliphatic rings. The predicted molar refractivity (Wildman–Crippen MR) is 85.8 cm³/mol. The normalized spacial score (nSPS) is 13.7. The van der Waals surface area contributed by atoms with Crippen LogP contribution in [-0.2, 0) is 11.8 Å². The molecule has 1 heterocycles. The highest BCUT2D eigenvalue weighted by atomic mass is 35.5. The zero-order chi connectivity index (χ0) is 16.3. The monoisotopic (exact) mass is 341 g/mol. The van der Waals surface area contributed by atoms with Gasteiger partial charge in [-0.1, -0.05) is 23.2 Å². The van der Waals surface area contributed by atoms with Crippen LogP contribution >= 0.6 is 23.2 Å². The molecule has 22 heavy (non-hydrogen) atoms. The maximum Gasteiger partial charge on any atom is 0.223 e. The van der Waals surface area contributed by atoms with Crippen molar-refractivity contribution in [3.8, 4) is 0 Å². The first-order valence-corrected chi connectivity index (χ1v) is 7.52. The van der Waals surface area contributed by atoms with Crippen molar-refractivity contribution in [2.45, 2.75) is 25.5 Å². The van der Waals surface area contributed by atoms with Gasteiger partial charge in [0.25, 0.3) is 0 Å². The summed E-state index contributed by atoms with van der Waals surface area (Å²) in [4.78, 5) is 12.0. The number of halogens is 2. The molecule has 0 saturated carbocycles. The van der Waals surface area contributed by atoms with Crippen LogP contribution < -0.4 is 5.32 Å². The topological polar surface area (TPSA) is 67.2 Å². The molecule has 7 heteroatoms. The molecule has 0 saturated heterocycles. The van der Waals surface area contributed by atoms with E-state index in [0.717, 1.165) is 5.56 Å². The summed E-state index contributed by atoms with van der Waals surface area (Å²) in [5.41, 5.74) is 1.41. The fourth-order valence-electron chi connectivity index (χ4n) is 2.11. The minimum atomic E-state index is -0.961. The Kier molecular flexibility index (Phi) is 5.45. The summed E-state index contributed by atoms with van der Waals surface area (Å²) < 4.78 is 1.67. The van der Waals surface area contributed by atoms with Crippen LogP contribution in [0.1, 0.15) is 36.6 Å². The number of nitrogens with zero attached hydrogens (tertiary/aromatic N) is 2. The van der Waals surface area contributed by atoms with E-state index in [4.69, 9.17) is 23.2 Å². The smallest absolute Gasteiger partial charge is 0.223 e. The fourth-order valence-corrected chi connectivity index (χ4v) is 2.65.